The maximum Gasteiger partial charge on any atom is 0.140 e. The van der Waals surface area contributed by atoms with E-state index in [1.807, 2.05) is 19.0 Å². The number of nitrogens with zero attached hydrogens (tertiary/aromatic N) is 1. The molecule has 0 unspecified atom stereocenters. The van der Waals surface area contributed by atoms with Crippen LogP contribution in [0.5, 0.6) is 0 Å². The minimum Gasteiger partial charge on any atom is -0.381 e. The summed E-state index contributed by atoms with van der Waals surface area (Å²) in [4.78, 5) is 12.8. The van der Waals surface area contributed by atoms with Crippen LogP contribution >= 0.6 is 0 Å². The molecule has 0 aromatic heterocycles. The summed E-state index contributed by atoms with van der Waals surface area (Å²) in [5.41, 5.74) is -0.252. The molecule has 0 atom stereocenters. The molecule has 1 heterocycles. The number of aldehydes is 1. The van der Waals surface area contributed by atoms with Gasteiger partial charge in [0, 0.05) is 13.2 Å². The van der Waals surface area contributed by atoms with Crippen molar-refractivity contribution in [2.45, 2.75) is 18.4 Å². The van der Waals surface area contributed by atoms with Gasteiger partial charge in [0.05, 0.1) is 5.54 Å². The van der Waals surface area contributed by atoms with Crippen LogP contribution in [0.1, 0.15) is 12.8 Å². The topological polar surface area (TPSA) is 29.5 Å². The van der Waals surface area contributed by atoms with E-state index in [9.17, 15) is 4.79 Å². The molecule has 0 aliphatic carbocycles. The first-order valence-corrected chi connectivity index (χ1v) is 3.93. The molecule has 0 radical (unpaired) electrons. The highest BCUT2D eigenvalue weighted by atomic mass is 16.5. The fourth-order valence-corrected chi connectivity index (χ4v) is 1.40. The number of hydrogen-bond donors (Lipinski definition) is 0. The van der Waals surface area contributed by atoms with E-state index in [0.29, 0.717) is 13.2 Å². The maximum atomic E-state index is 10.8. The average molecular weight is 157 g/mol. The summed E-state index contributed by atoms with van der Waals surface area (Å²) < 4.78 is 5.19. The number of ether oxygens (including phenoxy) is 1. The van der Waals surface area contributed by atoms with Gasteiger partial charge in [-0.2, -0.15) is 0 Å². The van der Waals surface area contributed by atoms with Crippen LogP contribution in [-0.4, -0.2) is 44.0 Å². The van der Waals surface area contributed by atoms with Gasteiger partial charge < -0.3 is 9.53 Å². The molecule has 3 heteroatoms. The molecule has 3 nitrogen and oxygen atoms in total. The Morgan fingerprint density at radius 1 is 1.36 bits per heavy atom. The molecule has 0 spiro atoms. The Morgan fingerprint density at radius 3 is 2.18 bits per heavy atom. The summed E-state index contributed by atoms with van der Waals surface area (Å²) in [5.74, 6) is 0. The Labute approximate surface area is 67.3 Å². The number of hydrogen-bond acceptors (Lipinski definition) is 3. The molecule has 0 amide bonds. The van der Waals surface area contributed by atoms with Crippen molar-refractivity contribution in [3.63, 3.8) is 0 Å². The monoisotopic (exact) mass is 157 g/mol. The van der Waals surface area contributed by atoms with E-state index < -0.39 is 0 Å². The van der Waals surface area contributed by atoms with Crippen LogP contribution in [0.15, 0.2) is 0 Å². The second-order valence-corrected chi connectivity index (χ2v) is 3.23. The number of carbonyl (C=O) groups is 1. The third-order valence-corrected chi connectivity index (χ3v) is 2.47. The average Bonchev–Trinajstić information content (AvgIpc) is 2.05. The second-order valence-electron chi connectivity index (χ2n) is 3.23. The van der Waals surface area contributed by atoms with Crippen molar-refractivity contribution in [3.05, 3.63) is 0 Å². The molecule has 1 aliphatic heterocycles. The SMILES string of the molecule is CN(C)C1(C=O)CCOCC1. The summed E-state index contributed by atoms with van der Waals surface area (Å²) in [6, 6.07) is 0. The van der Waals surface area contributed by atoms with E-state index >= 15 is 0 Å². The van der Waals surface area contributed by atoms with Crippen LogP contribution in [0.4, 0.5) is 0 Å². The molecular formula is C8H15NO2. The normalized spacial score (nSPS) is 23.5. The predicted molar refractivity (Wildman–Crippen MR) is 42.5 cm³/mol. The molecular weight excluding hydrogens is 142 g/mol. The Balaban J connectivity index is 2.64. The van der Waals surface area contributed by atoms with Gasteiger partial charge in [0.2, 0.25) is 0 Å². The highest BCUT2D eigenvalue weighted by molar-refractivity contribution is 5.64. The van der Waals surface area contributed by atoms with E-state index in [0.717, 1.165) is 19.1 Å². The highest BCUT2D eigenvalue weighted by Gasteiger charge is 2.34. The zero-order valence-corrected chi connectivity index (χ0v) is 7.17. The lowest BCUT2D eigenvalue weighted by atomic mass is 9.91. The van der Waals surface area contributed by atoms with Crippen molar-refractivity contribution >= 4 is 6.29 Å². The van der Waals surface area contributed by atoms with Crippen LogP contribution in [0.3, 0.4) is 0 Å². The molecule has 0 saturated carbocycles. The van der Waals surface area contributed by atoms with Gasteiger partial charge in [0.15, 0.2) is 0 Å². The molecule has 0 bridgehead atoms. The largest absolute Gasteiger partial charge is 0.381 e. The first-order valence-electron chi connectivity index (χ1n) is 3.93. The van der Waals surface area contributed by atoms with Gasteiger partial charge in [-0.05, 0) is 26.9 Å². The van der Waals surface area contributed by atoms with Crippen molar-refractivity contribution in [2.75, 3.05) is 27.3 Å². The lowest BCUT2D eigenvalue weighted by Gasteiger charge is -2.37. The van der Waals surface area contributed by atoms with Gasteiger partial charge in [-0.15, -0.1) is 0 Å². The Kier molecular flexibility index (Phi) is 2.62. The van der Waals surface area contributed by atoms with Gasteiger partial charge in [-0.25, -0.2) is 0 Å². The quantitative estimate of drug-likeness (QED) is 0.540. The molecule has 0 aromatic rings. The van der Waals surface area contributed by atoms with Crippen LogP contribution < -0.4 is 0 Å². The van der Waals surface area contributed by atoms with Crippen molar-refractivity contribution in [1.29, 1.82) is 0 Å². The highest BCUT2D eigenvalue weighted by Crippen LogP contribution is 2.22. The summed E-state index contributed by atoms with van der Waals surface area (Å²) >= 11 is 0. The summed E-state index contributed by atoms with van der Waals surface area (Å²) in [7, 11) is 3.89. The molecule has 0 N–H and O–H groups in total. The van der Waals surface area contributed by atoms with Crippen LogP contribution in [0.25, 0.3) is 0 Å². The van der Waals surface area contributed by atoms with Crippen LogP contribution in [0, 0.1) is 0 Å². The Hall–Kier alpha value is -0.410. The fourth-order valence-electron chi connectivity index (χ4n) is 1.40. The van der Waals surface area contributed by atoms with E-state index in [1.54, 1.807) is 0 Å². The van der Waals surface area contributed by atoms with E-state index in [1.165, 1.54) is 0 Å². The van der Waals surface area contributed by atoms with Gasteiger partial charge in [0.1, 0.15) is 6.29 Å². The molecule has 64 valence electrons. The third kappa shape index (κ3) is 1.60. The van der Waals surface area contributed by atoms with Gasteiger partial charge in [0.25, 0.3) is 0 Å². The summed E-state index contributed by atoms with van der Waals surface area (Å²) in [6.07, 6.45) is 2.70. The molecule has 1 fully saturated rings. The Bertz CT molecular complexity index is 139. The third-order valence-electron chi connectivity index (χ3n) is 2.47. The van der Waals surface area contributed by atoms with E-state index in [4.69, 9.17) is 4.74 Å². The minimum absolute atomic E-state index is 0.252. The standard InChI is InChI=1S/C8H15NO2/c1-9(2)8(7-10)3-5-11-6-4-8/h7H,3-6H2,1-2H3. The maximum absolute atomic E-state index is 10.8. The first-order chi connectivity index (χ1) is 5.21. The van der Waals surface area contributed by atoms with Gasteiger partial charge in [-0.1, -0.05) is 0 Å². The molecule has 1 aliphatic rings. The number of carbonyl (C=O) groups excluding carboxylic acids is 1. The second kappa shape index (κ2) is 3.32. The first kappa shape index (κ1) is 8.68. The zero-order chi connectivity index (χ0) is 8.32. The van der Waals surface area contributed by atoms with Crippen LogP contribution in [-0.2, 0) is 9.53 Å². The van der Waals surface area contributed by atoms with Gasteiger partial charge in [-0.3, -0.25) is 4.90 Å². The molecule has 11 heavy (non-hydrogen) atoms. The summed E-state index contributed by atoms with van der Waals surface area (Å²) in [6.45, 7) is 1.41. The number of likely N-dealkylation sites (N-methyl/N-ethyl adjacent to an activating group) is 1. The molecule has 1 saturated heterocycles. The zero-order valence-electron chi connectivity index (χ0n) is 7.17. The van der Waals surface area contributed by atoms with Crippen LogP contribution in [0.2, 0.25) is 0 Å². The predicted octanol–water partition coefficient (Wildman–Crippen LogP) is 0.296. The van der Waals surface area contributed by atoms with E-state index in [-0.39, 0.29) is 5.54 Å². The fraction of sp³-hybridized carbons (Fsp3) is 0.875. The molecule has 1 rings (SSSR count). The van der Waals surface area contributed by atoms with Crippen molar-refractivity contribution < 1.29 is 9.53 Å². The minimum atomic E-state index is -0.252. The van der Waals surface area contributed by atoms with Crippen molar-refractivity contribution in [2.24, 2.45) is 0 Å². The lowest BCUT2D eigenvalue weighted by Crippen LogP contribution is -2.49. The van der Waals surface area contributed by atoms with Gasteiger partial charge >= 0.3 is 0 Å². The lowest BCUT2D eigenvalue weighted by molar-refractivity contribution is -0.122. The number of rotatable bonds is 2. The molecule has 0 aromatic carbocycles. The smallest absolute Gasteiger partial charge is 0.140 e. The summed E-state index contributed by atoms with van der Waals surface area (Å²) in [5, 5.41) is 0. The Morgan fingerprint density at radius 2 is 1.91 bits per heavy atom. The van der Waals surface area contributed by atoms with Crippen molar-refractivity contribution in [1.82, 2.24) is 4.90 Å². The van der Waals surface area contributed by atoms with Crippen molar-refractivity contribution in [3.8, 4) is 0 Å². The van der Waals surface area contributed by atoms with E-state index in [2.05, 4.69) is 0 Å².